The van der Waals surface area contributed by atoms with E-state index in [2.05, 4.69) is 5.32 Å². The summed E-state index contributed by atoms with van der Waals surface area (Å²) in [5, 5.41) is 3.15. The van der Waals surface area contributed by atoms with Crippen molar-refractivity contribution >= 4 is 16.1 Å². The number of fused-ring (bicyclic) bond motifs is 2. The SMILES string of the molecule is CN(C)CCN1C2(CCN(C(=O)NC3CCCC3)C2)c2ccccc2S1(=O)=O. The van der Waals surface area contributed by atoms with E-state index in [4.69, 9.17) is 0 Å². The predicted molar refractivity (Wildman–Crippen MR) is 108 cm³/mol. The lowest BCUT2D eigenvalue weighted by Gasteiger charge is -2.34. The zero-order valence-electron chi connectivity index (χ0n) is 16.7. The molecule has 1 unspecified atom stereocenters. The third-order valence-electron chi connectivity index (χ3n) is 6.40. The van der Waals surface area contributed by atoms with Crippen LogP contribution in [0.3, 0.4) is 0 Å². The van der Waals surface area contributed by atoms with E-state index in [1.54, 1.807) is 21.3 Å². The van der Waals surface area contributed by atoms with Crippen LogP contribution >= 0.6 is 0 Å². The minimum atomic E-state index is -3.56. The first-order chi connectivity index (χ1) is 13.3. The number of hydrogen-bond donors (Lipinski definition) is 1. The maximum absolute atomic E-state index is 13.3. The molecule has 1 atom stereocenters. The van der Waals surface area contributed by atoms with Gasteiger partial charge in [-0.25, -0.2) is 13.2 Å². The van der Waals surface area contributed by atoms with Crippen molar-refractivity contribution < 1.29 is 13.2 Å². The molecule has 7 nitrogen and oxygen atoms in total. The fourth-order valence-electron chi connectivity index (χ4n) is 4.91. The standard InChI is InChI=1S/C20H30N4O3S/c1-22(2)13-14-24-20(17-9-5-6-10-18(17)28(24,26)27)11-12-23(15-20)19(25)21-16-7-3-4-8-16/h5-6,9-10,16H,3-4,7-8,11-15H2,1-2H3,(H,21,25). The predicted octanol–water partition coefficient (Wildman–Crippen LogP) is 1.81. The number of carbonyl (C=O) groups is 1. The van der Waals surface area contributed by atoms with Gasteiger partial charge in [0.25, 0.3) is 0 Å². The molecule has 3 aliphatic rings. The average molecular weight is 407 g/mol. The Morgan fingerprint density at radius 2 is 1.96 bits per heavy atom. The second-order valence-corrected chi connectivity index (χ2v) is 10.3. The van der Waals surface area contributed by atoms with E-state index in [-0.39, 0.29) is 12.1 Å². The molecule has 0 bridgehead atoms. The van der Waals surface area contributed by atoms with Gasteiger partial charge in [0.05, 0.1) is 10.4 Å². The molecule has 0 radical (unpaired) electrons. The minimum absolute atomic E-state index is 0.0573. The molecule has 8 heteroatoms. The van der Waals surface area contributed by atoms with Crippen molar-refractivity contribution in [3.63, 3.8) is 0 Å². The van der Waals surface area contributed by atoms with E-state index in [1.807, 2.05) is 31.1 Å². The normalized spacial score (nSPS) is 27.0. The molecular weight excluding hydrogens is 376 g/mol. The summed E-state index contributed by atoms with van der Waals surface area (Å²) in [5.41, 5.74) is 0.184. The molecule has 1 N–H and O–H groups in total. The molecule has 0 aromatic heterocycles. The zero-order chi connectivity index (χ0) is 19.9. The lowest BCUT2D eigenvalue weighted by atomic mass is 9.89. The van der Waals surface area contributed by atoms with E-state index in [1.165, 1.54) is 12.8 Å². The number of nitrogens with one attached hydrogen (secondary N) is 1. The number of hydrogen-bond acceptors (Lipinski definition) is 4. The number of amides is 2. The molecule has 28 heavy (non-hydrogen) atoms. The molecule has 154 valence electrons. The molecular formula is C20H30N4O3S. The number of sulfonamides is 1. The Balaban J connectivity index is 1.62. The van der Waals surface area contributed by atoms with Crippen LogP contribution in [-0.4, -0.2) is 74.9 Å². The van der Waals surface area contributed by atoms with Crippen LogP contribution in [0.15, 0.2) is 29.2 Å². The average Bonchev–Trinajstić information content (AvgIpc) is 3.35. The number of benzene rings is 1. The molecule has 1 saturated carbocycles. The van der Waals surface area contributed by atoms with Gasteiger partial charge in [0.1, 0.15) is 0 Å². The van der Waals surface area contributed by atoms with Gasteiger partial charge in [0, 0.05) is 32.2 Å². The van der Waals surface area contributed by atoms with Crippen molar-refractivity contribution in [1.29, 1.82) is 0 Å². The number of carbonyl (C=O) groups excluding carboxylic acids is 1. The largest absolute Gasteiger partial charge is 0.335 e. The molecule has 1 aromatic carbocycles. The highest BCUT2D eigenvalue weighted by Crippen LogP contribution is 2.49. The van der Waals surface area contributed by atoms with Crippen LogP contribution in [0.25, 0.3) is 0 Å². The van der Waals surface area contributed by atoms with Crippen molar-refractivity contribution in [2.24, 2.45) is 0 Å². The van der Waals surface area contributed by atoms with Gasteiger partial charge in [-0.15, -0.1) is 0 Å². The highest BCUT2D eigenvalue weighted by atomic mass is 32.2. The molecule has 1 aliphatic carbocycles. The van der Waals surface area contributed by atoms with Crippen LogP contribution in [0.5, 0.6) is 0 Å². The van der Waals surface area contributed by atoms with Gasteiger partial charge < -0.3 is 15.1 Å². The van der Waals surface area contributed by atoms with Gasteiger partial charge in [0.2, 0.25) is 10.0 Å². The maximum atomic E-state index is 13.3. The first-order valence-corrected chi connectivity index (χ1v) is 11.6. The summed E-state index contributed by atoms with van der Waals surface area (Å²) in [6.45, 7) is 2.04. The summed E-state index contributed by atoms with van der Waals surface area (Å²) < 4.78 is 28.2. The zero-order valence-corrected chi connectivity index (χ0v) is 17.5. The number of urea groups is 1. The fraction of sp³-hybridized carbons (Fsp3) is 0.650. The highest BCUT2D eigenvalue weighted by Gasteiger charge is 2.57. The number of rotatable bonds is 4. The highest BCUT2D eigenvalue weighted by molar-refractivity contribution is 7.89. The minimum Gasteiger partial charge on any atom is -0.335 e. The van der Waals surface area contributed by atoms with E-state index in [0.29, 0.717) is 37.5 Å². The fourth-order valence-corrected chi connectivity index (χ4v) is 6.96. The molecule has 2 amide bonds. The van der Waals surface area contributed by atoms with Crippen LogP contribution in [0.1, 0.15) is 37.7 Å². The summed E-state index contributed by atoms with van der Waals surface area (Å²) in [4.78, 5) is 17.0. The van der Waals surface area contributed by atoms with Gasteiger partial charge in [-0.05, 0) is 45.0 Å². The van der Waals surface area contributed by atoms with E-state index in [9.17, 15) is 13.2 Å². The van der Waals surface area contributed by atoms with Crippen LogP contribution in [0, 0.1) is 0 Å². The van der Waals surface area contributed by atoms with Crippen LogP contribution in [-0.2, 0) is 15.6 Å². The Kier molecular flexibility index (Phi) is 5.14. The van der Waals surface area contributed by atoms with Crippen LogP contribution in [0.4, 0.5) is 4.79 Å². The van der Waals surface area contributed by atoms with Gasteiger partial charge >= 0.3 is 6.03 Å². The van der Waals surface area contributed by atoms with E-state index < -0.39 is 15.6 Å². The molecule has 1 saturated heterocycles. The van der Waals surface area contributed by atoms with Gasteiger partial charge in [-0.1, -0.05) is 31.0 Å². The summed E-state index contributed by atoms with van der Waals surface area (Å²) in [6, 6.07) is 7.49. The topological polar surface area (TPSA) is 73.0 Å². The Morgan fingerprint density at radius 1 is 1.25 bits per heavy atom. The second-order valence-electron chi connectivity index (χ2n) is 8.51. The third kappa shape index (κ3) is 3.21. The van der Waals surface area contributed by atoms with Crippen molar-refractivity contribution in [2.75, 3.05) is 40.3 Å². The van der Waals surface area contributed by atoms with Crippen LogP contribution in [0.2, 0.25) is 0 Å². The summed E-state index contributed by atoms with van der Waals surface area (Å²) in [5.74, 6) is 0. The van der Waals surface area contributed by atoms with Crippen LogP contribution < -0.4 is 5.32 Å². The Hall–Kier alpha value is -1.64. The van der Waals surface area contributed by atoms with Crippen molar-refractivity contribution in [3.05, 3.63) is 29.8 Å². The number of likely N-dealkylation sites (tertiary alicyclic amines) is 1. The molecule has 2 fully saturated rings. The van der Waals surface area contributed by atoms with Gasteiger partial charge in [-0.2, -0.15) is 4.31 Å². The molecule has 1 aromatic rings. The summed E-state index contributed by atoms with van der Waals surface area (Å²) in [6.07, 6.45) is 5.04. The number of nitrogens with zero attached hydrogens (tertiary/aromatic N) is 3. The summed E-state index contributed by atoms with van der Waals surface area (Å²) >= 11 is 0. The summed E-state index contributed by atoms with van der Waals surface area (Å²) in [7, 11) is 0.329. The van der Waals surface area contributed by atoms with Gasteiger partial charge in [-0.3, -0.25) is 0 Å². The Bertz CT molecular complexity index is 851. The molecule has 2 aliphatic heterocycles. The Labute approximate surface area is 167 Å². The molecule has 2 heterocycles. The third-order valence-corrected chi connectivity index (χ3v) is 8.43. The van der Waals surface area contributed by atoms with E-state index in [0.717, 1.165) is 18.4 Å². The lowest BCUT2D eigenvalue weighted by Crippen LogP contribution is -2.50. The molecule has 1 spiro atoms. The first-order valence-electron chi connectivity index (χ1n) is 10.2. The van der Waals surface area contributed by atoms with Crippen molar-refractivity contribution in [1.82, 2.24) is 19.4 Å². The maximum Gasteiger partial charge on any atom is 0.317 e. The quantitative estimate of drug-likeness (QED) is 0.828. The van der Waals surface area contributed by atoms with E-state index >= 15 is 0 Å². The second kappa shape index (κ2) is 7.31. The first kappa shape index (κ1) is 19.7. The lowest BCUT2D eigenvalue weighted by molar-refractivity contribution is 0.172. The van der Waals surface area contributed by atoms with Crippen molar-refractivity contribution in [2.45, 2.75) is 48.6 Å². The number of likely N-dealkylation sites (N-methyl/N-ethyl adjacent to an activating group) is 1. The molecule has 4 rings (SSSR count). The monoisotopic (exact) mass is 406 g/mol. The van der Waals surface area contributed by atoms with Gasteiger partial charge in [0.15, 0.2) is 0 Å². The Morgan fingerprint density at radius 3 is 2.68 bits per heavy atom. The van der Waals surface area contributed by atoms with Crippen molar-refractivity contribution in [3.8, 4) is 0 Å². The smallest absolute Gasteiger partial charge is 0.317 e.